The maximum atomic E-state index is 11.7. The van der Waals surface area contributed by atoms with Crippen LogP contribution in [0.15, 0.2) is 11.4 Å². The highest BCUT2D eigenvalue weighted by Crippen LogP contribution is 2.34. The molecule has 4 nitrogen and oxygen atoms in total. The smallest absolute Gasteiger partial charge is 0.275 e. The molecular weight excluding hydrogens is 270 g/mol. The predicted octanol–water partition coefficient (Wildman–Crippen LogP) is 2.61. The molecule has 1 aliphatic rings. The number of rotatable bonds is 3. The molecule has 0 unspecified atom stereocenters. The van der Waals surface area contributed by atoms with Gasteiger partial charge in [-0.05, 0) is 54.3 Å². The fourth-order valence-corrected chi connectivity index (χ4v) is 3.74. The molecular formula is C15H25N3OS. The normalized spacial score (nSPS) is 18.2. The zero-order valence-corrected chi connectivity index (χ0v) is 13.4. The average Bonchev–Trinajstić information content (AvgIpc) is 2.85. The number of nitrogens with zero attached hydrogens (tertiary/aromatic N) is 1. The summed E-state index contributed by atoms with van der Waals surface area (Å²) in [6, 6.07) is 2.03. The lowest BCUT2D eigenvalue weighted by Gasteiger charge is -2.38. The van der Waals surface area contributed by atoms with Crippen molar-refractivity contribution in [3.05, 3.63) is 21.9 Å². The Hall–Kier alpha value is -0.910. The van der Waals surface area contributed by atoms with Gasteiger partial charge in [0.05, 0.1) is 4.88 Å². The third kappa shape index (κ3) is 3.59. The third-order valence-electron chi connectivity index (χ3n) is 4.29. The summed E-state index contributed by atoms with van der Waals surface area (Å²) in [4.78, 5) is 14.9. The van der Waals surface area contributed by atoms with Gasteiger partial charge in [0.25, 0.3) is 5.91 Å². The number of nitrogen functional groups attached to an aromatic ring is 1. The summed E-state index contributed by atoms with van der Waals surface area (Å²) in [5.41, 5.74) is 3.72. The fourth-order valence-electron chi connectivity index (χ4n) is 2.92. The van der Waals surface area contributed by atoms with Gasteiger partial charge in [0.15, 0.2) is 0 Å². The summed E-state index contributed by atoms with van der Waals surface area (Å²) < 4.78 is 0. The second kappa shape index (κ2) is 6.24. The summed E-state index contributed by atoms with van der Waals surface area (Å²) in [6.45, 7) is 10.1. The Balaban J connectivity index is 1.93. The van der Waals surface area contributed by atoms with E-state index in [2.05, 4.69) is 31.1 Å². The van der Waals surface area contributed by atoms with E-state index in [1.807, 2.05) is 11.4 Å². The number of hydrogen-bond donors (Lipinski definition) is 2. The molecule has 2 heterocycles. The van der Waals surface area contributed by atoms with Gasteiger partial charge in [0, 0.05) is 6.54 Å². The SMILES string of the molecule is CC(C)(C)C1CCN(Cc2ccsc2C(=O)NN)CC1. The summed E-state index contributed by atoms with van der Waals surface area (Å²) in [5, 5.41) is 1.96. The zero-order valence-electron chi connectivity index (χ0n) is 12.6. The van der Waals surface area contributed by atoms with E-state index in [9.17, 15) is 4.79 Å². The van der Waals surface area contributed by atoms with Gasteiger partial charge in [-0.25, -0.2) is 5.84 Å². The van der Waals surface area contributed by atoms with Crippen molar-refractivity contribution in [3.8, 4) is 0 Å². The molecule has 0 aliphatic carbocycles. The van der Waals surface area contributed by atoms with Crippen LogP contribution in [0.2, 0.25) is 0 Å². The maximum absolute atomic E-state index is 11.7. The van der Waals surface area contributed by atoms with Gasteiger partial charge in [0.1, 0.15) is 0 Å². The Kier molecular flexibility index (Phi) is 4.83. The first-order chi connectivity index (χ1) is 9.41. The van der Waals surface area contributed by atoms with E-state index in [4.69, 9.17) is 5.84 Å². The number of piperidine rings is 1. The lowest BCUT2D eigenvalue weighted by atomic mass is 9.75. The lowest BCUT2D eigenvalue weighted by Crippen LogP contribution is -2.38. The Morgan fingerprint density at radius 3 is 2.65 bits per heavy atom. The van der Waals surface area contributed by atoms with Crippen molar-refractivity contribution in [1.82, 2.24) is 10.3 Å². The number of hydrazine groups is 1. The number of nitrogens with one attached hydrogen (secondary N) is 1. The van der Waals surface area contributed by atoms with Crippen LogP contribution in [0.4, 0.5) is 0 Å². The molecule has 0 radical (unpaired) electrons. The molecule has 0 atom stereocenters. The number of carbonyl (C=O) groups excluding carboxylic acids is 1. The average molecular weight is 295 g/mol. The molecule has 2 rings (SSSR count). The van der Waals surface area contributed by atoms with Gasteiger partial charge in [-0.15, -0.1) is 11.3 Å². The van der Waals surface area contributed by atoms with Crippen LogP contribution in [-0.2, 0) is 6.54 Å². The number of likely N-dealkylation sites (tertiary alicyclic amines) is 1. The van der Waals surface area contributed by atoms with Gasteiger partial charge < -0.3 is 0 Å². The zero-order chi connectivity index (χ0) is 14.8. The Morgan fingerprint density at radius 1 is 1.45 bits per heavy atom. The molecule has 1 aromatic rings. The van der Waals surface area contributed by atoms with E-state index in [0.29, 0.717) is 5.41 Å². The van der Waals surface area contributed by atoms with Crippen molar-refractivity contribution >= 4 is 17.2 Å². The molecule has 0 spiro atoms. The highest BCUT2D eigenvalue weighted by atomic mass is 32.1. The van der Waals surface area contributed by atoms with Crippen LogP contribution in [0.1, 0.15) is 48.8 Å². The van der Waals surface area contributed by atoms with Crippen LogP contribution in [0.3, 0.4) is 0 Å². The molecule has 20 heavy (non-hydrogen) atoms. The first-order valence-corrected chi connectivity index (χ1v) is 8.09. The quantitative estimate of drug-likeness (QED) is 0.512. The first kappa shape index (κ1) is 15.5. The maximum Gasteiger partial charge on any atom is 0.275 e. The minimum atomic E-state index is -0.181. The summed E-state index contributed by atoms with van der Waals surface area (Å²) in [7, 11) is 0. The van der Waals surface area contributed by atoms with E-state index < -0.39 is 0 Å². The van der Waals surface area contributed by atoms with Gasteiger partial charge in [-0.2, -0.15) is 0 Å². The minimum absolute atomic E-state index is 0.181. The van der Waals surface area contributed by atoms with Crippen LogP contribution in [0, 0.1) is 11.3 Å². The Labute approximate surface area is 125 Å². The van der Waals surface area contributed by atoms with E-state index >= 15 is 0 Å². The molecule has 1 aliphatic heterocycles. The van der Waals surface area contributed by atoms with Gasteiger partial charge in [0.2, 0.25) is 0 Å². The van der Waals surface area contributed by atoms with Crippen LogP contribution in [0.25, 0.3) is 0 Å². The molecule has 0 aromatic carbocycles. The molecule has 0 bridgehead atoms. The van der Waals surface area contributed by atoms with E-state index in [0.717, 1.165) is 36.0 Å². The monoisotopic (exact) mass is 295 g/mol. The van der Waals surface area contributed by atoms with Gasteiger partial charge in [-0.1, -0.05) is 20.8 Å². The van der Waals surface area contributed by atoms with Crippen LogP contribution in [-0.4, -0.2) is 23.9 Å². The van der Waals surface area contributed by atoms with E-state index in [1.165, 1.54) is 24.2 Å². The fraction of sp³-hybridized carbons (Fsp3) is 0.667. The van der Waals surface area contributed by atoms with Gasteiger partial charge >= 0.3 is 0 Å². The van der Waals surface area contributed by atoms with Crippen molar-refractivity contribution in [2.75, 3.05) is 13.1 Å². The first-order valence-electron chi connectivity index (χ1n) is 7.21. The standard InChI is InChI=1S/C15H25N3OS/c1-15(2,3)12-4-7-18(8-5-12)10-11-6-9-20-13(11)14(19)17-16/h6,9,12H,4-5,7-8,10,16H2,1-3H3,(H,17,19). The van der Waals surface area contributed by atoms with Crippen LogP contribution < -0.4 is 11.3 Å². The van der Waals surface area contributed by atoms with Crippen molar-refractivity contribution in [3.63, 3.8) is 0 Å². The lowest BCUT2D eigenvalue weighted by molar-refractivity contribution is 0.0950. The molecule has 1 amide bonds. The van der Waals surface area contributed by atoms with Crippen molar-refractivity contribution in [1.29, 1.82) is 0 Å². The molecule has 1 fully saturated rings. The Morgan fingerprint density at radius 2 is 2.10 bits per heavy atom. The van der Waals surface area contributed by atoms with Crippen molar-refractivity contribution in [2.45, 2.75) is 40.2 Å². The number of thiophene rings is 1. The summed E-state index contributed by atoms with van der Waals surface area (Å²) >= 11 is 1.46. The number of amides is 1. The topological polar surface area (TPSA) is 58.4 Å². The summed E-state index contributed by atoms with van der Waals surface area (Å²) in [6.07, 6.45) is 2.48. The largest absolute Gasteiger partial charge is 0.299 e. The molecule has 1 aromatic heterocycles. The minimum Gasteiger partial charge on any atom is -0.299 e. The second-order valence-electron chi connectivity index (χ2n) is 6.66. The molecule has 0 saturated carbocycles. The highest BCUT2D eigenvalue weighted by Gasteiger charge is 2.29. The molecule has 3 N–H and O–H groups in total. The van der Waals surface area contributed by atoms with Gasteiger partial charge in [-0.3, -0.25) is 15.1 Å². The van der Waals surface area contributed by atoms with E-state index in [-0.39, 0.29) is 5.91 Å². The number of nitrogens with two attached hydrogens (primary N) is 1. The molecule has 5 heteroatoms. The second-order valence-corrected chi connectivity index (χ2v) is 7.58. The van der Waals surface area contributed by atoms with Crippen LogP contribution in [0.5, 0.6) is 0 Å². The number of hydrogen-bond acceptors (Lipinski definition) is 4. The van der Waals surface area contributed by atoms with Crippen molar-refractivity contribution < 1.29 is 4.79 Å². The van der Waals surface area contributed by atoms with Crippen molar-refractivity contribution in [2.24, 2.45) is 17.2 Å². The van der Waals surface area contributed by atoms with Crippen LogP contribution >= 0.6 is 11.3 Å². The highest BCUT2D eigenvalue weighted by molar-refractivity contribution is 7.12. The third-order valence-corrected chi connectivity index (χ3v) is 5.25. The predicted molar refractivity (Wildman–Crippen MR) is 83.4 cm³/mol. The number of carbonyl (C=O) groups is 1. The molecule has 112 valence electrons. The molecule has 1 saturated heterocycles. The van der Waals surface area contributed by atoms with E-state index in [1.54, 1.807) is 0 Å². The Bertz CT molecular complexity index is 456. The summed E-state index contributed by atoms with van der Waals surface area (Å²) in [5.74, 6) is 5.84.